The molecule has 0 saturated heterocycles. The first-order valence-corrected chi connectivity index (χ1v) is 7.54. The molecule has 6 heteroatoms. The van der Waals surface area contributed by atoms with Gasteiger partial charge in [-0.1, -0.05) is 6.07 Å². The molecule has 0 amide bonds. The molecule has 0 aliphatic carbocycles. The smallest absolute Gasteiger partial charge is 0.166 e. The molecule has 0 unspecified atom stereocenters. The van der Waals surface area contributed by atoms with Crippen LogP contribution < -0.4 is 9.64 Å². The number of hydrogen-bond donors (Lipinski definition) is 0. The first-order valence-electron chi connectivity index (χ1n) is 7.54. The summed E-state index contributed by atoms with van der Waals surface area (Å²) >= 11 is 0. The van der Waals surface area contributed by atoms with E-state index in [0.717, 1.165) is 17.0 Å². The number of methoxy groups -OCH3 is 1. The van der Waals surface area contributed by atoms with Gasteiger partial charge in [-0.2, -0.15) is 0 Å². The Balaban J connectivity index is 2.02. The molecule has 3 aromatic rings. The van der Waals surface area contributed by atoms with Gasteiger partial charge in [-0.3, -0.25) is 4.90 Å². The Labute approximate surface area is 139 Å². The Bertz CT molecular complexity index is 889. The number of hydrogen-bond acceptors (Lipinski definition) is 6. The van der Waals surface area contributed by atoms with Crippen molar-refractivity contribution in [1.82, 2.24) is 9.97 Å². The Hall–Kier alpha value is -3.28. The second-order valence-electron chi connectivity index (χ2n) is 5.40. The minimum Gasteiger partial charge on any atom is -0.495 e. The van der Waals surface area contributed by atoms with Gasteiger partial charge in [0, 0.05) is 12.4 Å². The van der Waals surface area contributed by atoms with Crippen molar-refractivity contribution in [3.63, 3.8) is 0 Å². The van der Waals surface area contributed by atoms with Gasteiger partial charge < -0.3 is 4.74 Å². The van der Waals surface area contributed by atoms with Crippen molar-refractivity contribution < 1.29 is 4.74 Å². The summed E-state index contributed by atoms with van der Waals surface area (Å²) in [6.07, 6.45) is 3.46. The van der Waals surface area contributed by atoms with Crippen molar-refractivity contribution in [2.45, 2.75) is 6.92 Å². The Morgan fingerprint density at radius 1 is 0.875 bits per heavy atom. The number of rotatable bonds is 2. The summed E-state index contributed by atoms with van der Waals surface area (Å²) in [5.41, 5.74) is 3.31. The quantitative estimate of drug-likeness (QED) is 0.522. The number of ether oxygens (including phenoxy) is 1. The summed E-state index contributed by atoms with van der Waals surface area (Å²) < 4.78 is 5.59. The molecule has 1 aliphatic heterocycles. The number of pyridine rings is 2. The first kappa shape index (κ1) is 14.3. The third-order valence-corrected chi connectivity index (χ3v) is 3.80. The third-order valence-electron chi connectivity index (χ3n) is 3.80. The van der Waals surface area contributed by atoms with Gasteiger partial charge in [0.2, 0.25) is 0 Å². The van der Waals surface area contributed by atoms with E-state index in [0.29, 0.717) is 23.0 Å². The van der Waals surface area contributed by atoms with Gasteiger partial charge in [0.25, 0.3) is 0 Å². The lowest BCUT2D eigenvalue weighted by Gasteiger charge is -2.25. The van der Waals surface area contributed by atoms with Crippen LogP contribution in [-0.2, 0) is 0 Å². The van der Waals surface area contributed by atoms with Crippen molar-refractivity contribution in [2.75, 3.05) is 12.0 Å². The molecule has 1 aromatic carbocycles. The highest BCUT2D eigenvalue weighted by Crippen LogP contribution is 2.47. The van der Waals surface area contributed by atoms with E-state index in [9.17, 15) is 0 Å². The number of fused-ring (bicyclic) bond motifs is 2. The molecule has 0 bridgehead atoms. The lowest BCUT2D eigenvalue weighted by molar-refractivity contribution is 0.415. The maximum absolute atomic E-state index is 5.59. The molecule has 0 saturated carbocycles. The average Bonchev–Trinajstić information content (AvgIpc) is 2.79. The largest absolute Gasteiger partial charge is 0.495 e. The molecule has 0 N–H and O–H groups in total. The summed E-state index contributed by atoms with van der Waals surface area (Å²) in [5.74, 6) is 2.08. The van der Waals surface area contributed by atoms with E-state index in [1.165, 1.54) is 0 Å². The predicted octanol–water partition coefficient (Wildman–Crippen LogP) is 4.99. The number of aromatic nitrogens is 2. The second-order valence-corrected chi connectivity index (χ2v) is 5.40. The van der Waals surface area contributed by atoms with Crippen molar-refractivity contribution in [1.29, 1.82) is 0 Å². The van der Waals surface area contributed by atoms with Gasteiger partial charge in [-0.25, -0.2) is 9.97 Å². The standard InChI is InChI=1S/C18H15N5O/c1-12-7-8-15(16(11-12)24-2)23-17-13(5-3-9-19-17)21-22-14-6-4-10-20-18(14)23/h3-11H,1-2H3. The Morgan fingerprint density at radius 2 is 1.50 bits per heavy atom. The van der Waals surface area contributed by atoms with E-state index in [4.69, 9.17) is 4.74 Å². The number of nitrogens with zero attached hydrogens (tertiary/aromatic N) is 5. The van der Waals surface area contributed by atoms with Crippen LogP contribution in [0.15, 0.2) is 65.1 Å². The van der Waals surface area contributed by atoms with Crippen molar-refractivity contribution >= 4 is 28.7 Å². The van der Waals surface area contributed by atoms with Crippen LogP contribution in [0.3, 0.4) is 0 Å². The van der Waals surface area contributed by atoms with Crippen molar-refractivity contribution in [3.8, 4) is 5.75 Å². The Kier molecular flexibility index (Phi) is 3.42. The van der Waals surface area contributed by atoms with E-state index in [2.05, 4.69) is 20.2 Å². The van der Waals surface area contributed by atoms with E-state index in [1.54, 1.807) is 19.5 Å². The molecule has 0 atom stereocenters. The Morgan fingerprint density at radius 3 is 2.08 bits per heavy atom. The summed E-state index contributed by atoms with van der Waals surface area (Å²) in [6.45, 7) is 2.03. The zero-order chi connectivity index (χ0) is 16.5. The molecule has 1 aliphatic rings. The van der Waals surface area contributed by atoms with Gasteiger partial charge in [0.15, 0.2) is 11.6 Å². The van der Waals surface area contributed by atoms with E-state index in [-0.39, 0.29) is 0 Å². The fraction of sp³-hybridized carbons (Fsp3) is 0.111. The lowest BCUT2D eigenvalue weighted by Crippen LogP contribution is -2.13. The SMILES string of the molecule is COc1cc(C)ccc1N1c2ncccc2N=Nc2cccnc21. The molecule has 0 radical (unpaired) electrons. The van der Waals surface area contributed by atoms with Crippen LogP contribution in [0.4, 0.5) is 28.7 Å². The fourth-order valence-corrected chi connectivity index (χ4v) is 2.68. The molecular formula is C18H15N5O. The van der Waals surface area contributed by atoms with Crippen LogP contribution in [0.5, 0.6) is 5.75 Å². The summed E-state index contributed by atoms with van der Waals surface area (Å²) in [7, 11) is 1.66. The third kappa shape index (κ3) is 2.28. The summed E-state index contributed by atoms with van der Waals surface area (Å²) in [6, 6.07) is 13.5. The minimum atomic E-state index is 0.667. The molecule has 4 rings (SSSR count). The van der Waals surface area contributed by atoms with Crippen LogP contribution >= 0.6 is 0 Å². The first-order chi connectivity index (χ1) is 11.8. The lowest BCUT2D eigenvalue weighted by atomic mass is 10.1. The molecule has 0 spiro atoms. The molecule has 0 fully saturated rings. The maximum atomic E-state index is 5.59. The molecule has 118 valence electrons. The van der Waals surface area contributed by atoms with Crippen molar-refractivity contribution in [2.24, 2.45) is 10.2 Å². The highest BCUT2D eigenvalue weighted by atomic mass is 16.5. The van der Waals surface area contributed by atoms with Crippen LogP contribution in [-0.4, -0.2) is 17.1 Å². The summed E-state index contributed by atoms with van der Waals surface area (Å²) in [4.78, 5) is 11.0. The number of azo groups is 1. The summed E-state index contributed by atoms with van der Waals surface area (Å²) in [5, 5.41) is 8.63. The van der Waals surface area contributed by atoms with Crippen LogP contribution in [0, 0.1) is 6.92 Å². The molecule has 3 heterocycles. The van der Waals surface area contributed by atoms with Crippen LogP contribution in [0.2, 0.25) is 0 Å². The van der Waals surface area contributed by atoms with E-state index >= 15 is 0 Å². The predicted molar refractivity (Wildman–Crippen MR) is 92.2 cm³/mol. The second kappa shape index (κ2) is 5.73. The van der Waals surface area contributed by atoms with Gasteiger partial charge in [0.1, 0.15) is 17.1 Å². The molecule has 6 nitrogen and oxygen atoms in total. The zero-order valence-corrected chi connectivity index (χ0v) is 13.3. The number of anilines is 3. The molecule has 2 aromatic heterocycles. The highest BCUT2D eigenvalue weighted by Gasteiger charge is 2.26. The van der Waals surface area contributed by atoms with Gasteiger partial charge in [-0.15, -0.1) is 10.2 Å². The van der Waals surface area contributed by atoms with Crippen molar-refractivity contribution in [3.05, 3.63) is 60.4 Å². The highest BCUT2D eigenvalue weighted by molar-refractivity contribution is 5.87. The normalized spacial score (nSPS) is 12.3. The zero-order valence-electron chi connectivity index (χ0n) is 13.3. The number of aryl methyl sites for hydroxylation is 1. The van der Waals surface area contributed by atoms with Gasteiger partial charge in [0.05, 0.1) is 12.8 Å². The average molecular weight is 317 g/mol. The van der Waals surface area contributed by atoms with E-state index < -0.39 is 0 Å². The topological polar surface area (TPSA) is 63.0 Å². The molecule has 24 heavy (non-hydrogen) atoms. The van der Waals surface area contributed by atoms with Crippen LogP contribution in [0.25, 0.3) is 0 Å². The van der Waals surface area contributed by atoms with E-state index in [1.807, 2.05) is 54.3 Å². The number of benzene rings is 1. The van der Waals surface area contributed by atoms with Gasteiger partial charge in [-0.05, 0) is 48.9 Å². The fourth-order valence-electron chi connectivity index (χ4n) is 2.68. The maximum Gasteiger partial charge on any atom is 0.166 e. The monoisotopic (exact) mass is 317 g/mol. The van der Waals surface area contributed by atoms with Gasteiger partial charge >= 0.3 is 0 Å². The van der Waals surface area contributed by atoms with Crippen LogP contribution in [0.1, 0.15) is 5.56 Å². The molecular weight excluding hydrogens is 302 g/mol. The minimum absolute atomic E-state index is 0.667.